The van der Waals surface area contributed by atoms with Crippen molar-refractivity contribution >= 4 is 5.78 Å². The third-order valence-corrected chi connectivity index (χ3v) is 2.92. The first-order chi connectivity index (χ1) is 9.25. The van der Waals surface area contributed by atoms with Crippen molar-refractivity contribution in [1.29, 1.82) is 0 Å². The van der Waals surface area contributed by atoms with Crippen LogP contribution in [0.2, 0.25) is 0 Å². The second kappa shape index (κ2) is 4.53. The van der Waals surface area contributed by atoms with Gasteiger partial charge >= 0.3 is 0 Å². The first kappa shape index (κ1) is 11.4. The van der Waals surface area contributed by atoms with Gasteiger partial charge in [-0.25, -0.2) is 4.68 Å². The molecule has 0 spiro atoms. The number of carbonyl (C=O) groups excluding carboxylic acids is 1. The lowest BCUT2D eigenvalue weighted by atomic mass is 10.2. The van der Waals surface area contributed by atoms with Gasteiger partial charge in [0.15, 0.2) is 0 Å². The molecule has 0 fully saturated rings. The Morgan fingerprint density at radius 3 is 2.58 bits per heavy atom. The Hall–Kier alpha value is -2.69. The second-order valence-corrected chi connectivity index (χ2v) is 4.18. The average molecular weight is 252 g/mol. The Bertz CT molecular complexity index is 712. The van der Waals surface area contributed by atoms with Crippen LogP contribution in [0.15, 0.2) is 55.0 Å². The molecule has 1 aromatic carbocycles. The molecule has 0 saturated carbocycles. The van der Waals surface area contributed by atoms with Gasteiger partial charge < -0.3 is 0 Å². The van der Waals surface area contributed by atoms with Crippen LogP contribution in [0, 0.1) is 0 Å². The van der Waals surface area contributed by atoms with Gasteiger partial charge in [-0.3, -0.25) is 9.48 Å². The molecule has 0 atom stereocenters. The van der Waals surface area contributed by atoms with Crippen LogP contribution in [-0.4, -0.2) is 25.3 Å². The maximum atomic E-state index is 12.3. The van der Waals surface area contributed by atoms with E-state index in [1.54, 1.807) is 41.1 Å². The predicted octanol–water partition coefficient (Wildman–Crippen LogP) is 1.84. The van der Waals surface area contributed by atoms with E-state index in [0.29, 0.717) is 11.3 Å². The maximum absolute atomic E-state index is 12.3. The van der Waals surface area contributed by atoms with E-state index in [9.17, 15) is 4.79 Å². The SMILES string of the molecule is Cn1nccc1C(=O)c1cnn(-c2ccccc2)c1. The molecule has 2 aromatic heterocycles. The second-order valence-electron chi connectivity index (χ2n) is 4.18. The quantitative estimate of drug-likeness (QED) is 0.668. The predicted molar refractivity (Wildman–Crippen MR) is 70.2 cm³/mol. The van der Waals surface area contributed by atoms with Crippen molar-refractivity contribution < 1.29 is 4.79 Å². The largest absolute Gasteiger partial charge is 0.287 e. The normalized spacial score (nSPS) is 10.6. The Morgan fingerprint density at radius 1 is 1.11 bits per heavy atom. The summed E-state index contributed by atoms with van der Waals surface area (Å²) in [6, 6.07) is 11.4. The maximum Gasteiger partial charge on any atom is 0.214 e. The van der Waals surface area contributed by atoms with Crippen molar-refractivity contribution in [2.24, 2.45) is 7.05 Å². The summed E-state index contributed by atoms with van der Waals surface area (Å²) in [5.74, 6) is -0.0813. The Labute approximate surface area is 110 Å². The third-order valence-electron chi connectivity index (χ3n) is 2.92. The van der Waals surface area contributed by atoms with Crippen LogP contribution >= 0.6 is 0 Å². The summed E-state index contributed by atoms with van der Waals surface area (Å²) in [6.45, 7) is 0. The zero-order chi connectivity index (χ0) is 13.2. The smallest absolute Gasteiger partial charge is 0.214 e. The van der Waals surface area contributed by atoms with Crippen molar-refractivity contribution in [2.45, 2.75) is 0 Å². The highest BCUT2D eigenvalue weighted by atomic mass is 16.1. The lowest BCUT2D eigenvalue weighted by Gasteiger charge is -1.99. The molecule has 0 aliphatic rings. The minimum absolute atomic E-state index is 0.0813. The van der Waals surface area contributed by atoms with Gasteiger partial charge in [0.2, 0.25) is 5.78 Å². The van der Waals surface area contributed by atoms with Crippen LogP contribution in [0.25, 0.3) is 5.69 Å². The third kappa shape index (κ3) is 2.06. The van der Waals surface area contributed by atoms with Crippen LogP contribution in [0.4, 0.5) is 0 Å². The van der Waals surface area contributed by atoms with Crippen molar-refractivity contribution in [1.82, 2.24) is 19.6 Å². The van der Waals surface area contributed by atoms with Gasteiger partial charge in [0.1, 0.15) is 5.69 Å². The summed E-state index contributed by atoms with van der Waals surface area (Å²) in [6.07, 6.45) is 4.90. The number of nitrogens with zero attached hydrogens (tertiary/aromatic N) is 4. The molecular formula is C14H12N4O. The molecule has 0 bridgehead atoms. The molecule has 2 heterocycles. The lowest BCUT2D eigenvalue weighted by Crippen LogP contribution is -2.07. The fraction of sp³-hybridized carbons (Fsp3) is 0.0714. The molecule has 0 aliphatic heterocycles. The molecule has 3 aromatic rings. The highest BCUT2D eigenvalue weighted by Gasteiger charge is 2.14. The Kier molecular flexibility index (Phi) is 2.72. The molecule has 0 unspecified atom stereocenters. The van der Waals surface area contributed by atoms with Crippen molar-refractivity contribution in [3.05, 3.63) is 66.2 Å². The molecule has 0 aliphatic carbocycles. The zero-order valence-electron chi connectivity index (χ0n) is 10.4. The molecule has 5 heteroatoms. The van der Waals surface area contributed by atoms with Crippen molar-refractivity contribution in [3.8, 4) is 5.69 Å². The average Bonchev–Trinajstić information content (AvgIpc) is 3.08. The molecule has 0 saturated heterocycles. The van der Waals surface area contributed by atoms with E-state index in [4.69, 9.17) is 0 Å². The Morgan fingerprint density at radius 2 is 1.89 bits per heavy atom. The van der Waals surface area contributed by atoms with Crippen LogP contribution < -0.4 is 0 Å². The minimum atomic E-state index is -0.0813. The van der Waals surface area contributed by atoms with Gasteiger partial charge in [0.25, 0.3) is 0 Å². The minimum Gasteiger partial charge on any atom is -0.287 e. The summed E-state index contributed by atoms with van der Waals surface area (Å²) < 4.78 is 3.24. The molecule has 0 N–H and O–H groups in total. The summed E-state index contributed by atoms with van der Waals surface area (Å²) in [5, 5.41) is 8.21. The van der Waals surface area contributed by atoms with Crippen LogP contribution in [0.1, 0.15) is 16.1 Å². The van der Waals surface area contributed by atoms with Gasteiger partial charge in [-0.1, -0.05) is 18.2 Å². The van der Waals surface area contributed by atoms with E-state index >= 15 is 0 Å². The number of aromatic nitrogens is 4. The molecule has 19 heavy (non-hydrogen) atoms. The number of ketones is 1. The number of carbonyl (C=O) groups is 1. The van der Waals surface area contributed by atoms with Crippen LogP contribution in [0.3, 0.4) is 0 Å². The number of hydrogen-bond acceptors (Lipinski definition) is 3. The number of benzene rings is 1. The number of aryl methyl sites for hydroxylation is 1. The van der Waals surface area contributed by atoms with Gasteiger partial charge in [0.05, 0.1) is 17.4 Å². The lowest BCUT2D eigenvalue weighted by molar-refractivity contribution is 0.103. The molecular weight excluding hydrogens is 240 g/mol. The summed E-state index contributed by atoms with van der Waals surface area (Å²) in [4.78, 5) is 12.3. The van der Waals surface area contributed by atoms with E-state index < -0.39 is 0 Å². The molecule has 94 valence electrons. The van der Waals surface area contributed by atoms with Crippen LogP contribution in [-0.2, 0) is 7.05 Å². The highest BCUT2D eigenvalue weighted by molar-refractivity contribution is 6.07. The first-order valence-corrected chi connectivity index (χ1v) is 5.88. The van der Waals surface area contributed by atoms with E-state index in [1.807, 2.05) is 30.3 Å². The number of hydrogen-bond donors (Lipinski definition) is 0. The number of rotatable bonds is 3. The summed E-state index contributed by atoms with van der Waals surface area (Å²) in [7, 11) is 1.74. The topological polar surface area (TPSA) is 52.7 Å². The molecule has 5 nitrogen and oxygen atoms in total. The molecule has 0 amide bonds. The van der Waals surface area contributed by atoms with E-state index in [0.717, 1.165) is 5.69 Å². The summed E-state index contributed by atoms with van der Waals surface area (Å²) in [5.41, 5.74) is 2.02. The Balaban J connectivity index is 1.94. The van der Waals surface area contributed by atoms with Gasteiger partial charge in [-0.2, -0.15) is 10.2 Å². The number of para-hydroxylation sites is 1. The highest BCUT2D eigenvalue weighted by Crippen LogP contribution is 2.11. The molecule has 0 radical (unpaired) electrons. The van der Waals surface area contributed by atoms with E-state index in [-0.39, 0.29) is 5.78 Å². The summed E-state index contributed by atoms with van der Waals surface area (Å²) >= 11 is 0. The van der Waals surface area contributed by atoms with E-state index in [1.165, 1.54) is 0 Å². The van der Waals surface area contributed by atoms with Gasteiger partial charge in [-0.15, -0.1) is 0 Å². The standard InChI is InChI=1S/C14H12N4O/c1-17-13(7-8-15-17)14(19)11-9-16-18(10-11)12-5-3-2-4-6-12/h2-10H,1H3. The fourth-order valence-electron chi connectivity index (χ4n) is 1.91. The zero-order valence-corrected chi connectivity index (χ0v) is 10.4. The van der Waals surface area contributed by atoms with Gasteiger partial charge in [-0.05, 0) is 18.2 Å². The van der Waals surface area contributed by atoms with Gasteiger partial charge in [0, 0.05) is 19.4 Å². The monoisotopic (exact) mass is 252 g/mol. The molecule has 3 rings (SSSR count). The van der Waals surface area contributed by atoms with Crippen molar-refractivity contribution in [2.75, 3.05) is 0 Å². The van der Waals surface area contributed by atoms with Crippen molar-refractivity contribution in [3.63, 3.8) is 0 Å². The van der Waals surface area contributed by atoms with E-state index in [2.05, 4.69) is 10.2 Å². The first-order valence-electron chi connectivity index (χ1n) is 5.88. The van der Waals surface area contributed by atoms with Crippen LogP contribution in [0.5, 0.6) is 0 Å². The fourth-order valence-corrected chi connectivity index (χ4v) is 1.91.